The van der Waals surface area contributed by atoms with Crippen LogP contribution in [0.15, 0.2) is 24.3 Å². The van der Waals surface area contributed by atoms with E-state index in [0.717, 1.165) is 22.3 Å². The second-order valence-electron chi connectivity index (χ2n) is 15.1. The van der Waals surface area contributed by atoms with Crippen molar-refractivity contribution in [2.45, 2.75) is 131 Å². The first-order valence-electron chi connectivity index (χ1n) is 13.7. The first-order valence-corrected chi connectivity index (χ1v) is 13.7. The van der Waals surface area contributed by atoms with E-state index in [0.29, 0.717) is 31.1 Å². The monoisotopic (exact) mass is 511 g/mol. The lowest BCUT2D eigenvalue weighted by atomic mass is 9.78. The zero-order valence-electron chi connectivity index (χ0n) is 25.8. The van der Waals surface area contributed by atoms with E-state index in [-0.39, 0.29) is 21.7 Å². The van der Waals surface area contributed by atoms with Crippen molar-refractivity contribution in [3.8, 4) is 11.5 Å². The molecule has 0 saturated carbocycles. The summed E-state index contributed by atoms with van der Waals surface area (Å²) in [5.74, 6) is 0.637. The molecule has 0 aliphatic rings. The largest absolute Gasteiger partial charge is 0.507 e. The molecule has 0 fully saturated rings. The smallest absolute Gasteiger partial charge is 0.123 e. The molecule has 2 aromatic carbocycles. The van der Waals surface area contributed by atoms with E-state index in [9.17, 15) is 15.3 Å². The summed E-state index contributed by atoms with van der Waals surface area (Å²) in [5, 5.41) is 33.1. The molecular weight excluding hydrogens is 458 g/mol. The molecule has 4 nitrogen and oxygen atoms in total. The average molecular weight is 512 g/mol. The van der Waals surface area contributed by atoms with Gasteiger partial charge < -0.3 is 15.3 Å². The number of phenols is 2. The Balaban J connectivity index is 2.66. The van der Waals surface area contributed by atoms with Crippen molar-refractivity contribution in [1.29, 1.82) is 0 Å². The minimum atomic E-state index is -0.551. The van der Waals surface area contributed by atoms with Gasteiger partial charge >= 0.3 is 0 Å². The molecule has 4 heteroatoms. The van der Waals surface area contributed by atoms with Crippen LogP contribution in [0.2, 0.25) is 0 Å². The van der Waals surface area contributed by atoms with Gasteiger partial charge in [0.1, 0.15) is 11.5 Å². The number of aliphatic hydroxyl groups excluding tert-OH is 1. The maximum atomic E-state index is 11.4. The number of aliphatic hydroxyl groups is 1. The number of hydrogen-bond donors (Lipinski definition) is 3. The molecule has 37 heavy (non-hydrogen) atoms. The quantitative estimate of drug-likeness (QED) is 0.372. The average Bonchev–Trinajstić information content (AvgIpc) is 2.66. The van der Waals surface area contributed by atoms with Crippen LogP contribution < -0.4 is 0 Å². The fraction of sp³-hybridized carbons (Fsp3) is 0.636. The highest BCUT2D eigenvalue weighted by Gasteiger charge is 2.28. The van der Waals surface area contributed by atoms with Gasteiger partial charge in [-0.2, -0.15) is 0 Å². The van der Waals surface area contributed by atoms with Crippen molar-refractivity contribution in [2.24, 2.45) is 0 Å². The summed E-state index contributed by atoms with van der Waals surface area (Å²) in [7, 11) is 0. The zero-order chi connectivity index (χ0) is 28.7. The first-order chi connectivity index (χ1) is 16.5. The van der Waals surface area contributed by atoms with E-state index < -0.39 is 6.10 Å². The Labute approximate surface area is 226 Å². The molecule has 0 saturated heterocycles. The fourth-order valence-corrected chi connectivity index (χ4v) is 4.68. The number of nitrogens with zero attached hydrogens (tertiary/aromatic N) is 1. The summed E-state index contributed by atoms with van der Waals surface area (Å²) in [6.45, 7) is 29.0. The Morgan fingerprint density at radius 2 is 0.919 bits per heavy atom. The number of phenolic OH excluding ortho intramolecular Hbond substituents is 2. The Morgan fingerprint density at radius 1 is 0.595 bits per heavy atom. The van der Waals surface area contributed by atoms with E-state index in [1.165, 1.54) is 11.1 Å². The van der Waals surface area contributed by atoms with Crippen LogP contribution in [-0.4, -0.2) is 32.9 Å². The molecule has 0 bridgehead atoms. The van der Waals surface area contributed by atoms with Gasteiger partial charge in [-0.3, -0.25) is 4.90 Å². The van der Waals surface area contributed by atoms with Crippen molar-refractivity contribution in [2.75, 3.05) is 6.54 Å². The number of hydrogen-bond acceptors (Lipinski definition) is 4. The predicted octanol–water partition coefficient (Wildman–Crippen LogP) is 7.67. The van der Waals surface area contributed by atoms with Crippen LogP contribution in [0.4, 0.5) is 0 Å². The molecule has 0 radical (unpaired) electrons. The molecule has 1 unspecified atom stereocenters. The molecule has 3 N–H and O–H groups in total. The van der Waals surface area contributed by atoms with E-state index in [4.69, 9.17) is 0 Å². The van der Waals surface area contributed by atoms with Gasteiger partial charge in [-0.15, -0.1) is 0 Å². The van der Waals surface area contributed by atoms with E-state index >= 15 is 0 Å². The third kappa shape index (κ3) is 7.97. The van der Waals surface area contributed by atoms with Gasteiger partial charge in [0, 0.05) is 30.8 Å². The van der Waals surface area contributed by atoms with Crippen LogP contribution in [0.25, 0.3) is 0 Å². The molecule has 0 amide bonds. The van der Waals surface area contributed by atoms with Crippen molar-refractivity contribution in [3.05, 3.63) is 57.6 Å². The first kappa shape index (κ1) is 31.2. The van der Waals surface area contributed by atoms with E-state index in [1.54, 1.807) is 6.92 Å². The van der Waals surface area contributed by atoms with Gasteiger partial charge in [-0.05, 0) is 50.8 Å². The summed E-state index contributed by atoms with van der Waals surface area (Å²) < 4.78 is 0. The maximum Gasteiger partial charge on any atom is 0.123 e. The van der Waals surface area contributed by atoms with Crippen LogP contribution in [0.5, 0.6) is 11.5 Å². The molecule has 0 heterocycles. The molecule has 2 rings (SSSR count). The second kappa shape index (κ2) is 10.6. The molecular formula is C33H53NO3. The van der Waals surface area contributed by atoms with Crippen LogP contribution in [0.1, 0.15) is 123 Å². The van der Waals surface area contributed by atoms with Crippen LogP contribution in [-0.2, 0) is 34.7 Å². The van der Waals surface area contributed by atoms with Gasteiger partial charge in [-0.1, -0.05) is 107 Å². The molecule has 1 atom stereocenters. The number of aromatic hydroxyl groups is 2. The minimum Gasteiger partial charge on any atom is -0.507 e. The molecule has 0 spiro atoms. The van der Waals surface area contributed by atoms with Gasteiger partial charge in [0.15, 0.2) is 0 Å². The highest BCUT2D eigenvalue weighted by molar-refractivity contribution is 5.50. The summed E-state index contributed by atoms with van der Waals surface area (Å²) >= 11 is 0. The lowest BCUT2D eigenvalue weighted by Crippen LogP contribution is -2.31. The Hall–Kier alpha value is -2.04. The maximum absolute atomic E-state index is 11.4. The molecule has 2 aromatic rings. The van der Waals surface area contributed by atoms with Crippen LogP contribution in [0.3, 0.4) is 0 Å². The van der Waals surface area contributed by atoms with Crippen molar-refractivity contribution < 1.29 is 15.3 Å². The standard InChI is InChI=1S/C33H53NO3/c1-21(35)18-34(19-22-14-24(30(2,3)4)16-26(28(22)36)32(8,9)10)20-23-15-25(31(5,6)7)17-27(29(23)37)33(11,12)13/h14-17,21,35-37H,18-20H2,1-13H3. The molecule has 0 aromatic heterocycles. The van der Waals surface area contributed by atoms with Crippen molar-refractivity contribution in [3.63, 3.8) is 0 Å². The highest BCUT2D eigenvalue weighted by atomic mass is 16.3. The van der Waals surface area contributed by atoms with Crippen LogP contribution >= 0.6 is 0 Å². The lowest BCUT2D eigenvalue weighted by molar-refractivity contribution is 0.116. The molecule has 0 aliphatic carbocycles. The Morgan fingerprint density at radius 3 is 1.16 bits per heavy atom. The minimum absolute atomic E-state index is 0.0710. The Bertz CT molecular complexity index is 1000. The van der Waals surface area contributed by atoms with Gasteiger partial charge in [-0.25, -0.2) is 0 Å². The number of rotatable bonds is 6. The predicted molar refractivity (Wildman–Crippen MR) is 157 cm³/mol. The highest BCUT2D eigenvalue weighted by Crippen LogP contribution is 2.40. The fourth-order valence-electron chi connectivity index (χ4n) is 4.68. The third-order valence-corrected chi connectivity index (χ3v) is 7.04. The summed E-state index contributed by atoms with van der Waals surface area (Å²) in [6, 6.07) is 8.47. The van der Waals surface area contributed by atoms with E-state index in [2.05, 4.69) is 112 Å². The second-order valence-corrected chi connectivity index (χ2v) is 15.1. The topological polar surface area (TPSA) is 63.9 Å². The molecule has 0 aliphatic heterocycles. The summed E-state index contributed by atoms with van der Waals surface area (Å²) in [5.41, 5.74) is 5.34. The lowest BCUT2D eigenvalue weighted by Gasteiger charge is -2.31. The van der Waals surface area contributed by atoms with Crippen molar-refractivity contribution >= 4 is 0 Å². The number of benzene rings is 2. The third-order valence-electron chi connectivity index (χ3n) is 7.04. The summed E-state index contributed by atoms with van der Waals surface area (Å²) in [4.78, 5) is 2.13. The van der Waals surface area contributed by atoms with Gasteiger partial charge in [0.25, 0.3) is 0 Å². The van der Waals surface area contributed by atoms with Gasteiger partial charge in [0.2, 0.25) is 0 Å². The Kier molecular flexibility index (Phi) is 8.94. The van der Waals surface area contributed by atoms with E-state index in [1.807, 2.05) is 0 Å². The molecule has 208 valence electrons. The van der Waals surface area contributed by atoms with Crippen molar-refractivity contribution in [1.82, 2.24) is 4.90 Å². The van der Waals surface area contributed by atoms with Crippen LogP contribution in [0, 0.1) is 0 Å². The van der Waals surface area contributed by atoms with Gasteiger partial charge in [0.05, 0.1) is 6.10 Å². The summed E-state index contributed by atoms with van der Waals surface area (Å²) in [6.07, 6.45) is -0.551. The SMILES string of the molecule is CC(O)CN(Cc1cc(C(C)(C)C)cc(C(C)(C)C)c1O)Cc1cc(C(C)(C)C)cc(C(C)(C)C)c1O. The zero-order valence-corrected chi connectivity index (χ0v) is 25.8. The normalized spacial score (nSPS) is 14.4.